The first-order valence-electron chi connectivity index (χ1n) is 34.2. The molecule has 1 unspecified atom stereocenters. The normalized spacial score (nSPS) is 12.7. The van der Waals surface area contributed by atoms with Gasteiger partial charge in [0, 0.05) is 19.3 Å². The molecular weight excluding hydrogens is 985 g/mol. The number of carbonyl (C=O) groups excluding carboxylic acids is 3. The second-order valence-electron chi connectivity index (χ2n) is 22.7. The Bertz CT molecular complexity index is 1560. The molecule has 1 atom stereocenters. The molecule has 0 saturated carbocycles. The van der Waals surface area contributed by atoms with Crippen molar-refractivity contribution in [3.8, 4) is 0 Å². The third-order valence-electron chi connectivity index (χ3n) is 14.8. The first-order valence-corrected chi connectivity index (χ1v) is 34.2. The first kappa shape index (κ1) is 76.3. The molecule has 6 heteroatoms. The summed E-state index contributed by atoms with van der Waals surface area (Å²) >= 11 is 0. The van der Waals surface area contributed by atoms with Crippen LogP contribution >= 0.6 is 0 Å². The van der Waals surface area contributed by atoms with Crippen molar-refractivity contribution in [2.75, 3.05) is 13.2 Å². The van der Waals surface area contributed by atoms with E-state index >= 15 is 0 Å². The highest BCUT2D eigenvalue weighted by molar-refractivity contribution is 5.71. The molecule has 6 nitrogen and oxygen atoms in total. The van der Waals surface area contributed by atoms with E-state index in [1.807, 2.05) is 6.08 Å². The van der Waals surface area contributed by atoms with Crippen molar-refractivity contribution >= 4 is 17.9 Å². The van der Waals surface area contributed by atoms with Crippen LogP contribution < -0.4 is 0 Å². The van der Waals surface area contributed by atoms with Crippen LogP contribution in [0.5, 0.6) is 0 Å². The summed E-state index contributed by atoms with van der Waals surface area (Å²) in [5, 5.41) is 0. The second kappa shape index (κ2) is 67.8. The van der Waals surface area contributed by atoms with Crippen molar-refractivity contribution in [2.24, 2.45) is 0 Å². The molecule has 80 heavy (non-hydrogen) atoms. The highest BCUT2D eigenvalue weighted by Crippen LogP contribution is 2.17. The SMILES string of the molecule is CC/C=C\C/C=C\C/C=C\C/C=C\C/C=C\C/C=C\CCC(=O)OC(COC(=O)CCCCCCCCCC)COC(=O)CCCCCCCCCCCCCCCCCCCCCCCCC/C=C\C/C=C\CCCCCCC. The second-order valence-corrected chi connectivity index (χ2v) is 22.7. The van der Waals surface area contributed by atoms with E-state index in [9.17, 15) is 14.4 Å². The summed E-state index contributed by atoms with van der Waals surface area (Å²) in [6.45, 7) is 6.45. The molecule has 0 aliphatic rings. The fourth-order valence-electron chi connectivity index (χ4n) is 9.74. The van der Waals surface area contributed by atoms with Crippen molar-refractivity contribution in [3.05, 3.63) is 97.2 Å². The molecule has 0 amide bonds. The Morgan fingerprint density at radius 3 is 0.812 bits per heavy atom. The summed E-state index contributed by atoms with van der Waals surface area (Å²) in [5.74, 6) is -0.983. The van der Waals surface area contributed by atoms with Gasteiger partial charge in [0.1, 0.15) is 13.2 Å². The van der Waals surface area contributed by atoms with Gasteiger partial charge in [0.15, 0.2) is 6.10 Å². The Morgan fingerprint density at radius 2 is 0.512 bits per heavy atom. The highest BCUT2D eigenvalue weighted by atomic mass is 16.6. The van der Waals surface area contributed by atoms with Gasteiger partial charge in [-0.3, -0.25) is 14.4 Å². The summed E-state index contributed by atoms with van der Waals surface area (Å²) < 4.78 is 16.8. The average Bonchev–Trinajstić information content (AvgIpc) is 3.46. The van der Waals surface area contributed by atoms with Crippen LogP contribution in [-0.2, 0) is 28.6 Å². The van der Waals surface area contributed by atoms with Crippen LogP contribution in [0.2, 0.25) is 0 Å². The van der Waals surface area contributed by atoms with E-state index in [0.29, 0.717) is 19.3 Å². The summed E-state index contributed by atoms with van der Waals surface area (Å²) in [4.78, 5) is 38.1. The zero-order chi connectivity index (χ0) is 57.8. The van der Waals surface area contributed by atoms with Gasteiger partial charge in [0.05, 0.1) is 0 Å². The molecule has 0 rings (SSSR count). The minimum absolute atomic E-state index is 0.104. The van der Waals surface area contributed by atoms with Gasteiger partial charge in [-0.25, -0.2) is 0 Å². The molecule has 0 fully saturated rings. The van der Waals surface area contributed by atoms with Crippen LogP contribution in [-0.4, -0.2) is 37.2 Å². The quantitative estimate of drug-likeness (QED) is 0.0261. The predicted octanol–water partition coefficient (Wildman–Crippen LogP) is 23.6. The highest BCUT2D eigenvalue weighted by Gasteiger charge is 2.19. The first-order chi connectivity index (χ1) is 39.5. The topological polar surface area (TPSA) is 78.9 Å². The zero-order valence-electron chi connectivity index (χ0n) is 52.8. The van der Waals surface area contributed by atoms with Gasteiger partial charge in [-0.1, -0.05) is 323 Å². The maximum absolute atomic E-state index is 12.8. The van der Waals surface area contributed by atoms with Crippen LogP contribution in [0.25, 0.3) is 0 Å². The molecule has 0 N–H and O–H groups in total. The summed E-state index contributed by atoms with van der Waals surface area (Å²) in [5.41, 5.74) is 0. The van der Waals surface area contributed by atoms with Crippen LogP contribution in [0.4, 0.5) is 0 Å². The van der Waals surface area contributed by atoms with Crippen molar-refractivity contribution in [3.63, 3.8) is 0 Å². The molecule has 0 aliphatic heterocycles. The van der Waals surface area contributed by atoms with Crippen LogP contribution in [0, 0.1) is 0 Å². The van der Waals surface area contributed by atoms with Gasteiger partial charge in [0.25, 0.3) is 0 Å². The molecule has 0 saturated heterocycles. The monoisotopic (exact) mass is 1110 g/mol. The Morgan fingerprint density at radius 1 is 0.263 bits per heavy atom. The van der Waals surface area contributed by atoms with E-state index < -0.39 is 6.10 Å². The summed E-state index contributed by atoms with van der Waals surface area (Å²) in [6.07, 6.45) is 92.0. The van der Waals surface area contributed by atoms with Crippen LogP contribution in [0.3, 0.4) is 0 Å². The number of carbonyl (C=O) groups is 3. The number of ether oxygens (including phenoxy) is 3. The Kier molecular flexibility index (Phi) is 64.7. The fourth-order valence-corrected chi connectivity index (χ4v) is 9.74. The third kappa shape index (κ3) is 65.1. The molecular formula is C74H128O6. The lowest BCUT2D eigenvalue weighted by Gasteiger charge is -2.18. The molecule has 460 valence electrons. The van der Waals surface area contributed by atoms with E-state index in [4.69, 9.17) is 14.2 Å². The molecule has 0 heterocycles. The maximum atomic E-state index is 12.8. The summed E-state index contributed by atoms with van der Waals surface area (Å²) in [6, 6.07) is 0. The largest absolute Gasteiger partial charge is 0.462 e. The van der Waals surface area contributed by atoms with Gasteiger partial charge in [-0.2, -0.15) is 0 Å². The van der Waals surface area contributed by atoms with Gasteiger partial charge in [-0.05, 0) is 89.9 Å². The van der Waals surface area contributed by atoms with E-state index in [2.05, 4.69) is 112 Å². The van der Waals surface area contributed by atoms with Gasteiger partial charge in [-0.15, -0.1) is 0 Å². The minimum atomic E-state index is -0.815. The number of esters is 3. The standard InChI is InChI=1S/C74H128O6/c1-4-7-10-13-16-19-21-23-25-27-29-30-31-32-33-34-35-36-37-38-39-40-41-42-43-44-46-47-49-51-53-55-58-61-64-67-73(76)79-70-71(69-78-72(75)66-63-60-57-18-15-12-9-6-3)80-74(77)68-65-62-59-56-54-52-50-48-45-28-26-24-22-20-17-14-11-8-5-2/h8,11,17,20-21,23-24,26-27,29,45,48,52,54,59,62,71H,4-7,9-10,12-16,18-19,22,25,28,30-44,46-47,49-51,53,55-58,60-61,63-70H2,1-3H3/b11-8-,20-17-,23-21-,26-24-,29-27-,48-45-,54-52-,62-59-. The number of unbranched alkanes of at least 4 members (excludes halogenated alkanes) is 35. The van der Waals surface area contributed by atoms with Crippen molar-refractivity contribution < 1.29 is 28.6 Å². The molecule has 0 radical (unpaired) electrons. The lowest BCUT2D eigenvalue weighted by Crippen LogP contribution is -2.30. The zero-order valence-corrected chi connectivity index (χ0v) is 52.8. The molecule has 0 spiro atoms. The smallest absolute Gasteiger partial charge is 0.306 e. The Balaban J connectivity index is 4.07. The predicted molar refractivity (Wildman–Crippen MR) is 348 cm³/mol. The van der Waals surface area contributed by atoms with Crippen LogP contribution in [0.1, 0.15) is 335 Å². The van der Waals surface area contributed by atoms with Crippen molar-refractivity contribution in [1.82, 2.24) is 0 Å². The van der Waals surface area contributed by atoms with Crippen molar-refractivity contribution in [2.45, 2.75) is 341 Å². The molecule has 0 aromatic rings. The van der Waals surface area contributed by atoms with Gasteiger partial charge >= 0.3 is 17.9 Å². The van der Waals surface area contributed by atoms with E-state index in [0.717, 1.165) is 83.5 Å². The molecule has 0 aliphatic carbocycles. The number of allylic oxidation sites excluding steroid dienone is 16. The number of rotatable bonds is 62. The number of hydrogen-bond donors (Lipinski definition) is 0. The minimum Gasteiger partial charge on any atom is -0.462 e. The Labute approximate surface area is 496 Å². The summed E-state index contributed by atoms with van der Waals surface area (Å²) in [7, 11) is 0. The molecule has 0 bridgehead atoms. The maximum Gasteiger partial charge on any atom is 0.306 e. The molecule has 0 aromatic heterocycles. The molecule has 0 aromatic carbocycles. The van der Waals surface area contributed by atoms with E-state index in [-0.39, 0.29) is 37.5 Å². The van der Waals surface area contributed by atoms with Gasteiger partial charge < -0.3 is 14.2 Å². The fraction of sp³-hybridized carbons (Fsp3) is 0.743. The lowest BCUT2D eigenvalue weighted by molar-refractivity contribution is -0.166. The average molecular weight is 1110 g/mol. The Hall–Kier alpha value is -3.67. The number of hydrogen-bond acceptors (Lipinski definition) is 6. The van der Waals surface area contributed by atoms with E-state index in [1.165, 1.54) is 205 Å². The lowest BCUT2D eigenvalue weighted by atomic mass is 10.0. The third-order valence-corrected chi connectivity index (χ3v) is 14.8. The van der Waals surface area contributed by atoms with Gasteiger partial charge in [0.2, 0.25) is 0 Å². The van der Waals surface area contributed by atoms with E-state index in [1.54, 1.807) is 0 Å². The van der Waals surface area contributed by atoms with Crippen LogP contribution in [0.15, 0.2) is 97.2 Å². The van der Waals surface area contributed by atoms with Crippen molar-refractivity contribution in [1.29, 1.82) is 0 Å².